The standard InChI is InChI=1S/C15H19N3O/c1-12-5-3-4-6-14(12)15(11-16)18-9-7-17(8-10-18)13(2)19/h3-6,15H,7-10H2,1-2H3. The highest BCUT2D eigenvalue weighted by molar-refractivity contribution is 5.73. The van der Waals surface area contributed by atoms with Crippen molar-refractivity contribution >= 4 is 5.91 Å². The summed E-state index contributed by atoms with van der Waals surface area (Å²) in [6.45, 7) is 6.56. The van der Waals surface area contributed by atoms with Gasteiger partial charge >= 0.3 is 0 Å². The Balaban J connectivity index is 2.11. The molecule has 19 heavy (non-hydrogen) atoms. The van der Waals surface area contributed by atoms with Crippen LogP contribution in [0, 0.1) is 18.3 Å². The average molecular weight is 257 g/mol. The lowest BCUT2D eigenvalue weighted by Gasteiger charge is -2.36. The van der Waals surface area contributed by atoms with Gasteiger partial charge in [-0.25, -0.2) is 0 Å². The molecule has 1 aliphatic heterocycles. The summed E-state index contributed by atoms with van der Waals surface area (Å²) in [5.41, 5.74) is 2.21. The van der Waals surface area contributed by atoms with Crippen molar-refractivity contribution in [3.05, 3.63) is 35.4 Å². The zero-order chi connectivity index (χ0) is 13.8. The fourth-order valence-electron chi connectivity index (χ4n) is 2.54. The third kappa shape index (κ3) is 2.94. The SMILES string of the molecule is CC(=O)N1CCN(C(C#N)c2ccccc2C)CC1. The van der Waals surface area contributed by atoms with Crippen molar-refractivity contribution in [1.82, 2.24) is 9.80 Å². The van der Waals surface area contributed by atoms with Gasteiger partial charge in [-0.15, -0.1) is 0 Å². The van der Waals surface area contributed by atoms with Crippen molar-refractivity contribution < 1.29 is 4.79 Å². The Morgan fingerprint density at radius 1 is 1.26 bits per heavy atom. The molecule has 0 saturated carbocycles. The lowest BCUT2D eigenvalue weighted by atomic mass is 10.0. The van der Waals surface area contributed by atoms with Crippen LogP contribution in [-0.2, 0) is 4.79 Å². The van der Waals surface area contributed by atoms with Gasteiger partial charge in [0.15, 0.2) is 0 Å². The molecule has 1 atom stereocenters. The van der Waals surface area contributed by atoms with E-state index in [2.05, 4.69) is 11.0 Å². The molecule has 4 heteroatoms. The van der Waals surface area contributed by atoms with Crippen LogP contribution >= 0.6 is 0 Å². The molecule has 0 aliphatic carbocycles. The van der Waals surface area contributed by atoms with Crippen LogP contribution in [0.5, 0.6) is 0 Å². The Bertz CT molecular complexity index is 498. The van der Waals surface area contributed by atoms with Crippen LogP contribution in [-0.4, -0.2) is 41.9 Å². The van der Waals surface area contributed by atoms with Gasteiger partial charge < -0.3 is 4.90 Å². The van der Waals surface area contributed by atoms with Crippen LogP contribution in [0.2, 0.25) is 0 Å². The van der Waals surface area contributed by atoms with Crippen molar-refractivity contribution in [1.29, 1.82) is 5.26 Å². The van der Waals surface area contributed by atoms with Crippen LogP contribution in [0.15, 0.2) is 24.3 Å². The minimum atomic E-state index is -0.213. The summed E-state index contributed by atoms with van der Waals surface area (Å²) < 4.78 is 0. The smallest absolute Gasteiger partial charge is 0.219 e. The van der Waals surface area contributed by atoms with Gasteiger partial charge in [0.2, 0.25) is 5.91 Å². The van der Waals surface area contributed by atoms with Crippen LogP contribution in [0.3, 0.4) is 0 Å². The van der Waals surface area contributed by atoms with Crippen LogP contribution in [0.1, 0.15) is 24.1 Å². The van der Waals surface area contributed by atoms with Gasteiger partial charge in [0.05, 0.1) is 6.07 Å². The molecule has 1 heterocycles. The first kappa shape index (κ1) is 13.6. The molecule has 1 unspecified atom stereocenters. The fourth-order valence-corrected chi connectivity index (χ4v) is 2.54. The van der Waals surface area contributed by atoms with E-state index in [-0.39, 0.29) is 11.9 Å². The zero-order valence-electron chi connectivity index (χ0n) is 11.5. The van der Waals surface area contributed by atoms with E-state index in [9.17, 15) is 10.1 Å². The second kappa shape index (κ2) is 5.85. The van der Waals surface area contributed by atoms with Crippen LogP contribution in [0.25, 0.3) is 0 Å². The lowest BCUT2D eigenvalue weighted by molar-refractivity contribution is -0.130. The number of rotatable bonds is 2. The van der Waals surface area contributed by atoms with E-state index in [1.54, 1.807) is 6.92 Å². The summed E-state index contributed by atoms with van der Waals surface area (Å²) in [7, 11) is 0. The van der Waals surface area contributed by atoms with Gasteiger partial charge in [-0.05, 0) is 18.1 Å². The zero-order valence-corrected chi connectivity index (χ0v) is 11.5. The highest BCUT2D eigenvalue weighted by atomic mass is 16.2. The molecule has 1 aromatic carbocycles. The molecule has 1 saturated heterocycles. The third-order valence-electron chi connectivity index (χ3n) is 3.73. The number of nitrogens with zero attached hydrogens (tertiary/aromatic N) is 3. The van der Waals surface area contributed by atoms with Crippen molar-refractivity contribution in [2.24, 2.45) is 0 Å². The number of aryl methyl sites for hydroxylation is 1. The first-order valence-corrected chi connectivity index (χ1v) is 6.58. The number of carbonyl (C=O) groups is 1. The molecular weight excluding hydrogens is 238 g/mol. The maximum absolute atomic E-state index is 11.3. The molecule has 1 aliphatic rings. The summed E-state index contributed by atoms with van der Waals surface area (Å²) in [5, 5.41) is 9.46. The average Bonchev–Trinajstić information content (AvgIpc) is 2.42. The predicted octanol–water partition coefficient (Wildman–Crippen LogP) is 1.72. The van der Waals surface area contributed by atoms with E-state index in [4.69, 9.17) is 0 Å². The lowest BCUT2D eigenvalue weighted by Crippen LogP contribution is -2.48. The Hall–Kier alpha value is -1.86. The first-order valence-electron chi connectivity index (χ1n) is 6.58. The second-order valence-electron chi connectivity index (χ2n) is 4.93. The number of piperazine rings is 1. The van der Waals surface area contributed by atoms with Gasteiger partial charge in [-0.3, -0.25) is 9.69 Å². The number of carbonyl (C=O) groups excluding carboxylic acids is 1. The molecule has 0 N–H and O–H groups in total. The Morgan fingerprint density at radius 3 is 2.42 bits per heavy atom. The summed E-state index contributed by atoms with van der Waals surface area (Å²) >= 11 is 0. The van der Waals surface area contributed by atoms with E-state index in [0.717, 1.165) is 24.2 Å². The quantitative estimate of drug-likeness (QED) is 0.810. The predicted molar refractivity (Wildman–Crippen MR) is 73.4 cm³/mol. The normalized spacial score (nSPS) is 17.8. The highest BCUT2D eigenvalue weighted by Crippen LogP contribution is 2.24. The third-order valence-corrected chi connectivity index (χ3v) is 3.73. The van der Waals surface area contributed by atoms with Crippen LogP contribution < -0.4 is 0 Å². The van der Waals surface area contributed by atoms with E-state index in [1.165, 1.54) is 0 Å². The Labute approximate surface area is 114 Å². The van der Waals surface area contributed by atoms with E-state index in [0.29, 0.717) is 13.1 Å². The molecule has 4 nitrogen and oxygen atoms in total. The van der Waals surface area contributed by atoms with Crippen LogP contribution in [0.4, 0.5) is 0 Å². The van der Waals surface area contributed by atoms with Gasteiger partial charge in [0, 0.05) is 33.1 Å². The molecule has 0 spiro atoms. The van der Waals surface area contributed by atoms with Crippen molar-refractivity contribution in [3.8, 4) is 6.07 Å². The van der Waals surface area contributed by atoms with Crippen molar-refractivity contribution in [3.63, 3.8) is 0 Å². The molecular formula is C15H19N3O. The number of benzene rings is 1. The monoisotopic (exact) mass is 257 g/mol. The van der Waals surface area contributed by atoms with Crippen molar-refractivity contribution in [2.75, 3.05) is 26.2 Å². The summed E-state index contributed by atoms with van der Waals surface area (Å²) in [4.78, 5) is 15.3. The molecule has 0 bridgehead atoms. The largest absolute Gasteiger partial charge is 0.340 e. The minimum absolute atomic E-state index is 0.115. The summed E-state index contributed by atoms with van der Waals surface area (Å²) in [6, 6.07) is 10.2. The molecule has 2 rings (SSSR count). The highest BCUT2D eigenvalue weighted by Gasteiger charge is 2.26. The molecule has 1 aromatic rings. The number of amides is 1. The van der Waals surface area contributed by atoms with Gasteiger partial charge in [-0.2, -0.15) is 5.26 Å². The Kier molecular flexibility index (Phi) is 4.18. The molecule has 1 fully saturated rings. The molecule has 1 amide bonds. The minimum Gasteiger partial charge on any atom is -0.340 e. The van der Waals surface area contributed by atoms with Crippen molar-refractivity contribution in [2.45, 2.75) is 19.9 Å². The Morgan fingerprint density at radius 2 is 1.89 bits per heavy atom. The summed E-state index contributed by atoms with van der Waals surface area (Å²) in [6.07, 6.45) is 0. The maximum atomic E-state index is 11.3. The maximum Gasteiger partial charge on any atom is 0.219 e. The molecule has 0 radical (unpaired) electrons. The number of nitriles is 1. The topological polar surface area (TPSA) is 47.3 Å². The molecule has 0 aromatic heterocycles. The van der Waals surface area contributed by atoms with Gasteiger partial charge in [0.25, 0.3) is 0 Å². The number of hydrogen-bond donors (Lipinski definition) is 0. The van der Waals surface area contributed by atoms with Gasteiger partial charge in [0.1, 0.15) is 6.04 Å². The van der Waals surface area contributed by atoms with E-state index < -0.39 is 0 Å². The fraction of sp³-hybridized carbons (Fsp3) is 0.467. The summed E-state index contributed by atoms with van der Waals surface area (Å²) in [5.74, 6) is 0.115. The van der Waals surface area contributed by atoms with E-state index >= 15 is 0 Å². The first-order chi connectivity index (χ1) is 9.13. The molecule has 100 valence electrons. The number of hydrogen-bond acceptors (Lipinski definition) is 3. The van der Waals surface area contributed by atoms with E-state index in [1.807, 2.05) is 36.1 Å². The second-order valence-corrected chi connectivity index (χ2v) is 4.93. The van der Waals surface area contributed by atoms with Gasteiger partial charge in [-0.1, -0.05) is 24.3 Å².